The number of phenols is 2. The van der Waals surface area contributed by atoms with Crippen molar-refractivity contribution in [2.45, 2.75) is 13.3 Å². The van der Waals surface area contributed by atoms with Crippen LogP contribution in [0.2, 0.25) is 0 Å². The SMILES string of the molecule is CCc1c(O)cc(O)cc1P(=O)(O)O. The van der Waals surface area contributed by atoms with Gasteiger partial charge in [0.05, 0.1) is 5.30 Å². The lowest BCUT2D eigenvalue weighted by Crippen LogP contribution is -2.10. The Labute approximate surface area is 80.8 Å². The van der Waals surface area contributed by atoms with Gasteiger partial charge in [-0.05, 0) is 12.5 Å². The molecule has 0 amide bonds. The lowest BCUT2D eigenvalue weighted by molar-refractivity contribution is 0.385. The highest BCUT2D eigenvalue weighted by molar-refractivity contribution is 7.60. The minimum atomic E-state index is -4.45. The van der Waals surface area contributed by atoms with Gasteiger partial charge in [-0.3, -0.25) is 4.57 Å². The summed E-state index contributed by atoms with van der Waals surface area (Å²) < 4.78 is 11.0. The molecule has 0 heterocycles. The molecule has 14 heavy (non-hydrogen) atoms. The summed E-state index contributed by atoms with van der Waals surface area (Å²) in [6.07, 6.45) is 0.284. The molecule has 4 N–H and O–H groups in total. The van der Waals surface area contributed by atoms with Crippen LogP contribution in [0, 0.1) is 0 Å². The van der Waals surface area contributed by atoms with Crippen molar-refractivity contribution in [3.63, 3.8) is 0 Å². The standard InChI is InChI=1S/C8H11O5P/c1-2-6-7(10)3-5(9)4-8(6)14(11,12)13/h3-4,9-10H,2H2,1H3,(H2,11,12,13). The maximum Gasteiger partial charge on any atom is 0.356 e. The Morgan fingerprint density at radius 1 is 1.29 bits per heavy atom. The van der Waals surface area contributed by atoms with Crippen molar-refractivity contribution >= 4 is 12.9 Å². The van der Waals surface area contributed by atoms with Crippen molar-refractivity contribution < 1.29 is 24.6 Å². The second-order valence-electron chi connectivity index (χ2n) is 2.86. The Kier molecular flexibility index (Phi) is 2.85. The van der Waals surface area contributed by atoms with Gasteiger partial charge in [0.2, 0.25) is 0 Å². The first-order valence-corrected chi connectivity index (χ1v) is 5.58. The average molecular weight is 218 g/mol. The zero-order valence-corrected chi connectivity index (χ0v) is 8.40. The largest absolute Gasteiger partial charge is 0.508 e. The molecule has 0 aliphatic carbocycles. The Morgan fingerprint density at radius 3 is 2.29 bits per heavy atom. The molecule has 5 nitrogen and oxygen atoms in total. The molecule has 0 radical (unpaired) electrons. The van der Waals surface area contributed by atoms with Gasteiger partial charge in [-0.15, -0.1) is 0 Å². The molecular formula is C8H11O5P. The van der Waals surface area contributed by atoms with Gasteiger partial charge in [0.15, 0.2) is 0 Å². The van der Waals surface area contributed by atoms with E-state index in [2.05, 4.69) is 0 Å². The minimum absolute atomic E-state index is 0.163. The number of phenolic OH excluding ortho intramolecular Hbond substituents is 2. The van der Waals surface area contributed by atoms with Crippen LogP contribution in [0.4, 0.5) is 0 Å². The Hall–Kier alpha value is -1.03. The normalized spacial score (nSPS) is 11.6. The van der Waals surface area contributed by atoms with Gasteiger partial charge < -0.3 is 20.0 Å². The molecule has 0 fully saturated rings. The highest BCUT2D eigenvalue weighted by atomic mass is 31.2. The van der Waals surface area contributed by atoms with Gasteiger partial charge in [-0.25, -0.2) is 0 Å². The van der Waals surface area contributed by atoms with E-state index in [-0.39, 0.29) is 28.8 Å². The Balaban J connectivity index is 3.48. The molecule has 78 valence electrons. The summed E-state index contributed by atoms with van der Waals surface area (Å²) in [5, 5.41) is 18.1. The molecule has 1 aromatic carbocycles. The van der Waals surface area contributed by atoms with Crippen molar-refractivity contribution in [1.29, 1.82) is 0 Å². The molecule has 0 unspecified atom stereocenters. The zero-order chi connectivity index (χ0) is 10.9. The van der Waals surface area contributed by atoms with E-state index in [9.17, 15) is 9.67 Å². The highest BCUT2D eigenvalue weighted by Gasteiger charge is 2.23. The molecule has 0 spiro atoms. The summed E-state index contributed by atoms with van der Waals surface area (Å²) in [6, 6.07) is 2.03. The molecule has 0 aliphatic rings. The predicted octanol–water partition coefficient (Wildman–Crippen LogP) is 0.463. The maximum atomic E-state index is 11.0. The third kappa shape index (κ3) is 2.07. The van der Waals surface area contributed by atoms with Gasteiger partial charge in [0.1, 0.15) is 11.5 Å². The van der Waals surface area contributed by atoms with E-state index >= 15 is 0 Å². The summed E-state index contributed by atoms with van der Waals surface area (Å²) in [7, 11) is -4.45. The van der Waals surface area contributed by atoms with Crippen molar-refractivity contribution in [3.05, 3.63) is 17.7 Å². The summed E-state index contributed by atoms with van der Waals surface area (Å²) in [5.74, 6) is -0.663. The molecule has 0 saturated heterocycles. The molecule has 0 atom stereocenters. The number of hydrogen-bond acceptors (Lipinski definition) is 3. The van der Waals surface area contributed by atoms with E-state index in [0.717, 1.165) is 12.1 Å². The average Bonchev–Trinajstić information content (AvgIpc) is 2.01. The van der Waals surface area contributed by atoms with Gasteiger partial charge in [0, 0.05) is 11.6 Å². The van der Waals surface area contributed by atoms with Crippen LogP contribution in [0.25, 0.3) is 0 Å². The minimum Gasteiger partial charge on any atom is -0.508 e. The van der Waals surface area contributed by atoms with Gasteiger partial charge >= 0.3 is 7.60 Å². The van der Waals surface area contributed by atoms with E-state index in [4.69, 9.17) is 14.9 Å². The first-order valence-electron chi connectivity index (χ1n) is 3.97. The Bertz CT molecular complexity index is 395. The summed E-state index contributed by atoms with van der Waals surface area (Å²) in [5.41, 5.74) is 0.163. The quantitative estimate of drug-likeness (QED) is 0.540. The molecule has 0 bridgehead atoms. The monoisotopic (exact) mass is 218 g/mol. The van der Waals surface area contributed by atoms with Crippen molar-refractivity contribution in [2.75, 3.05) is 0 Å². The van der Waals surface area contributed by atoms with Crippen LogP contribution < -0.4 is 5.30 Å². The first-order chi connectivity index (χ1) is 6.36. The highest BCUT2D eigenvalue weighted by Crippen LogP contribution is 2.38. The summed E-state index contributed by atoms with van der Waals surface area (Å²) in [4.78, 5) is 17.9. The number of hydrogen-bond donors (Lipinski definition) is 4. The lowest BCUT2D eigenvalue weighted by Gasteiger charge is -2.11. The molecule has 0 saturated carbocycles. The van der Waals surface area contributed by atoms with E-state index in [0.29, 0.717) is 0 Å². The second-order valence-corrected chi connectivity index (χ2v) is 4.43. The van der Waals surface area contributed by atoms with E-state index < -0.39 is 7.60 Å². The van der Waals surface area contributed by atoms with Crippen LogP contribution in [0.1, 0.15) is 12.5 Å². The Morgan fingerprint density at radius 2 is 1.86 bits per heavy atom. The van der Waals surface area contributed by atoms with Crippen molar-refractivity contribution in [2.24, 2.45) is 0 Å². The van der Waals surface area contributed by atoms with Crippen LogP contribution in [-0.4, -0.2) is 20.0 Å². The fourth-order valence-electron chi connectivity index (χ4n) is 1.25. The maximum absolute atomic E-state index is 11.0. The van der Waals surface area contributed by atoms with Gasteiger partial charge in [-0.1, -0.05) is 6.92 Å². The van der Waals surface area contributed by atoms with Crippen LogP contribution in [-0.2, 0) is 11.0 Å². The number of rotatable bonds is 2. The molecule has 0 aliphatic heterocycles. The van der Waals surface area contributed by atoms with E-state index in [1.807, 2.05) is 0 Å². The zero-order valence-electron chi connectivity index (χ0n) is 7.51. The van der Waals surface area contributed by atoms with Crippen LogP contribution in [0.3, 0.4) is 0 Å². The second kappa shape index (κ2) is 3.61. The fraction of sp³-hybridized carbons (Fsp3) is 0.250. The lowest BCUT2D eigenvalue weighted by atomic mass is 10.1. The van der Waals surface area contributed by atoms with E-state index in [1.165, 1.54) is 0 Å². The van der Waals surface area contributed by atoms with Crippen LogP contribution in [0.5, 0.6) is 11.5 Å². The summed E-state index contributed by atoms with van der Waals surface area (Å²) >= 11 is 0. The molecule has 1 aromatic rings. The number of benzene rings is 1. The topological polar surface area (TPSA) is 98.0 Å². The van der Waals surface area contributed by atoms with Gasteiger partial charge in [0.25, 0.3) is 0 Å². The van der Waals surface area contributed by atoms with Crippen LogP contribution >= 0.6 is 7.60 Å². The van der Waals surface area contributed by atoms with Crippen molar-refractivity contribution in [3.8, 4) is 11.5 Å². The molecule has 0 aromatic heterocycles. The molecular weight excluding hydrogens is 207 g/mol. The van der Waals surface area contributed by atoms with Crippen molar-refractivity contribution in [1.82, 2.24) is 0 Å². The molecule has 6 heteroatoms. The first kappa shape index (κ1) is 11.0. The molecule has 1 rings (SSSR count). The number of aromatic hydroxyl groups is 2. The fourth-order valence-corrected chi connectivity index (χ4v) is 2.17. The van der Waals surface area contributed by atoms with Gasteiger partial charge in [-0.2, -0.15) is 0 Å². The van der Waals surface area contributed by atoms with Crippen LogP contribution in [0.15, 0.2) is 12.1 Å². The third-order valence-corrected chi connectivity index (χ3v) is 2.88. The predicted molar refractivity (Wildman–Crippen MR) is 50.8 cm³/mol. The summed E-state index contributed by atoms with van der Waals surface area (Å²) in [6.45, 7) is 1.66. The third-order valence-electron chi connectivity index (χ3n) is 1.85. The smallest absolute Gasteiger partial charge is 0.356 e. The van der Waals surface area contributed by atoms with E-state index in [1.54, 1.807) is 6.92 Å².